The van der Waals surface area contributed by atoms with Crippen LogP contribution in [0.4, 0.5) is 0 Å². The number of carbonyl (C=O) groups is 2. The normalized spacial score (nSPS) is 13.7. The maximum Gasteiger partial charge on any atom is 0.261 e. The van der Waals surface area contributed by atoms with Gasteiger partial charge in [0.15, 0.2) is 0 Å². The van der Waals surface area contributed by atoms with Crippen LogP contribution in [0.2, 0.25) is 0 Å². The van der Waals surface area contributed by atoms with Gasteiger partial charge in [-0.15, -0.1) is 11.3 Å². The number of rotatable bonds is 3. The third kappa shape index (κ3) is 4.06. The van der Waals surface area contributed by atoms with Crippen LogP contribution < -0.4 is 5.32 Å². The summed E-state index contributed by atoms with van der Waals surface area (Å²) in [6, 6.07) is 1.75. The summed E-state index contributed by atoms with van der Waals surface area (Å²) in [5.41, 5.74) is 0.900. The van der Waals surface area contributed by atoms with E-state index in [1.54, 1.807) is 11.0 Å². The molecule has 21 heavy (non-hydrogen) atoms. The highest BCUT2D eigenvalue weighted by Crippen LogP contribution is 2.20. The highest BCUT2D eigenvalue weighted by atomic mass is 32.1. The van der Waals surface area contributed by atoms with E-state index in [4.69, 9.17) is 5.11 Å². The van der Waals surface area contributed by atoms with E-state index < -0.39 is 0 Å². The molecule has 0 aromatic carbocycles. The maximum atomic E-state index is 12.0. The van der Waals surface area contributed by atoms with Crippen molar-refractivity contribution < 1.29 is 14.7 Å². The molecule has 1 aromatic heterocycles. The third-order valence-corrected chi connectivity index (χ3v) is 4.43. The van der Waals surface area contributed by atoms with E-state index in [-0.39, 0.29) is 25.0 Å². The average molecular weight is 306 g/mol. The number of amides is 2. The topological polar surface area (TPSA) is 69.6 Å². The van der Waals surface area contributed by atoms with Crippen molar-refractivity contribution in [3.8, 4) is 11.8 Å². The Bertz CT molecular complexity index is 592. The first-order chi connectivity index (χ1) is 10.1. The SMILES string of the molecule is Cc1cc(C(=O)NCC(=O)N2CCCC2)sc1C#CCO. The van der Waals surface area contributed by atoms with Gasteiger partial charge in [0.25, 0.3) is 5.91 Å². The zero-order chi connectivity index (χ0) is 15.2. The number of likely N-dealkylation sites (tertiary alicyclic amines) is 1. The number of aryl methyl sites for hydroxylation is 1. The minimum atomic E-state index is -0.257. The number of thiophene rings is 1. The molecule has 112 valence electrons. The fourth-order valence-electron chi connectivity index (χ4n) is 2.16. The van der Waals surface area contributed by atoms with Gasteiger partial charge in [-0.05, 0) is 31.4 Å². The molecule has 0 saturated carbocycles. The second kappa shape index (κ2) is 7.25. The van der Waals surface area contributed by atoms with Gasteiger partial charge in [-0.3, -0.25) is 9.59 Å². The van der Waals surface area contributed by atoms with Crippen molar-refractivity contribution in [2.24, 2.45) is 0 Å². The number of hydrogen-bond donors (Lipinski definition) is 2. The smallest absolute Gasteiger partial charge is 0.261 e. The Hall–Kier alpha value is -1.84. The van der Waals surface area contributed by atoms with Crippen LogP contribution >= 0.6 is 11.3 Å². The second-order valence-corrected chi connectivity index (χ2v) is 5.91. The number of nitrogens with one attached hydrogen (secondary N) is 1. The summed E-state index contributed by atoms with van der Waals surface area (Å²) >= 11 is 1.27. The van der Waals surface area contributed by atoms with E-state index in [9.17, 15) is 9.59 Å². The summed E-state index contributed by atoms with van der Waals surface area (Å²) in [6.07, 6.45) is 2.08. The van der Waals surface area contributed by atoms with Crippen LogP contribution in [0, 0.1) is 18.8 Å². The molecule has 1 aliphatic rings. The minimum absolute atomic E-state index is 0.0329. The molecule has 2 heterocycles. The van der Waals surface area contributed by atoms with Gasteiger partial charge in [-0.25, -0.2) is 0 Å². The average Bonchev–Trinajstić information content (AvgIpc) is 3.12. The van der Waals surface area contributed by atoms with Crippen LogP contribution in [0.15, 0.2) is 6.07 Å². The van der Waals surface area contributed by atoms with Gasteiger partial charge in [0, 0.05) is 13.1 Å². The lowest BCUT2D eigenvalue weighted by Gasteiger charge is -2.15. The minimum Gasteiger partial charge on any atom is -0.384 e. The molecule has 1 aliphatic heterocycles. The Balaban J connectivity index is 1.92. The lowest BCUT2D eigenvalue weighted by Crippen LogP contribution is -2.38. The molecular formula is C15H18N2O3S. The third-order valence-electron chi connectivity index (χ3n) is 3.28. The van der Waals surface area contributed by atoms with E-state index in [1.807, 2.05) is 6.92 Å². The summed E-state index contributed by atoms with van der Waals surface area (Å²) in [4.78, 5) is 27.0. The van der Waals surface area contributed by atoms with E-state index in [2.05, 4.69) is 17.2 Å². The Morgan fingerprint density at radius 1 is 1.43 bits per heavy atom. The first-order valence-electron chi connectivity index (χ1n) is 6.88. The quantitative estimate of drug-likeness (QED) is 0.810. The highest BCUT2D eigenvalue weighted by Gasteiger charge is 2.19. The molecule has 2 rings (SSSR count). The van der Waals surface area contributed by atoms with Crippen LogP contribution in [0.5, 0.6) is 0 Å². The molecule has 2 amide bonds. The van der Waals surface area contributed by atoms with Crippen molar-refractivity contribution in [1.29, 1.82) is 0 Å². The number of hydrogen-bond acceptors (Lipinski definition) is 4. The molecule has 0 unspecified atom stereocenters. The molecule has 0 atom stereocenters. The lowest BCUT2D eigenvalue weighted by molar-refractivity contribution is -0.129. The van der Waals surface area contributed by atoms with Gasteiger partial charge in [0.1, 0.15) is 6.61 Å². The van der Waals surface area contributed by atoms with Crippen molar-refractivity contribution in [2.45, 2.75) is 19.8 Å². The van der Waals surface area contributed by atoms with Gasteiger partial charge in [0.05, 0.1) is 16.3 Å². The molecule has 1 aromatic rings. The van der Waals surface area contributed by atoms with E-state index in [0.29, 0.717) is 4.88 Å². The zero-order valence-electron chi connectivity index (χ0n) is 11.9. The first-order valence-corrected chi connectivity index (χ1v) is 7.69. The second-order valence-electron chi connectivity index (χ2n) is 4.85. The standard InChI is InChI=1S/C15H18N2O3S/c1-11-9-13(21-12(11)5-4-8-18)15(20)16-10-14(19)17-6-2-3-7-17/h9,18H,2-3,6-8,10H2,1H3,(H,16,20). The largest absolute Gasteiger partial charge is 0.384 e. The Kier molecular flexibility index (Phi) is 5.37. The Morgan fingerprint density at radius 2 is 2.14 bits per heavy atom. The van der Waals surface area contributed by atoms with Gasteiger partial charge in [-0.2, -0.15) is 0 Å². The molecular weight excluding hydrogens is 288 g/mol. The van der Waals surface area contributed by atoms with Crippen molar-refractivity contribution in [1.82, 2.24) is 10.2 Å². The maximum absolute atomic E-state index is 12.0. The molecule has 1 saturated heterocycles. The van der Waals surface area contributed by atoms with Crippen LogP contribution in [0.1, 0.15) is 33.0 Å². The summed E-state index contributed by atoms with van der Waals surface area (Å²) in [6.45, 7) is 3.27. The van der Waals surface area contributed by atoms with Crippen LogP contribution in [0.25, 0.3) is 0 Å². The first kappa shape index (κ1) is 15.5. The monoisotopic (exact) mass is 306 g/mol. The van der Waals surface area contributed by atoms with Gasteiger partial charge >= 0.3 is 0 Å². The molecule has 6 heteroatoms. The van der Waals surface area contributed by atoms with Crippen LogP contribution in [0.3, 0.4) is 0 Å². The predicted octanol–water partition coefficient (Wildman–Crippen LogP) is 0.753. The highest BCUT2D eigenvalue weighted by molar-refractivity contribution is 7.14. The van der Waals surface area contributed by atoms with Crippen molar-refractivity contribution in [3.05, 3.63) is 21.4 Å². The van der Waals surface area contributed by atoms with E-state index in [0.717, 1.165) is 36.4 Å². The molecule has 2 N–H and O–H groups in total. The fraction of sp³-hybridized carbons (Fsp3) is 0.467. The molecule has 0 spiro atoms. The number of aliphatic hydroxyl groups excluding tert-OH is 1. The zero-order valence-corrected chi connectivity index (χ0v) is 12.8. The van der Waals surface area contributed by atoms with Crippen molar-refractivity contribution in [2.75, 3.05) is 26.2 Å². The molecule has 5 nitrogen and oxygen atoms in total. The molecule has 0 bridgehead atoms. The van der Waals surface area contributed by atoms with Gasteiger partial charge in [-0.1, -0.05) is 11.8 Å². The Morgan fingerprint density at radius 3 is 2.81 bits per heavy atom. The molecule has 0 aliphatic carbocycles. The summed E-state index contributed by atoms with van der Waals surface area (Å²) in [5, 5.41) is 11.3. The van der Waals surface area contributed by atoms with Crippen molar-refractivity contribution >= 4 is 23.2 Å². The molecule has 1 fully saturated rings. The van der Waals surface area contributed by atoms with E-state index >= 15 is 0 Å². The fourth-order valence-corrected chi connectivity index (χ4v) is 3.12. The number of aliphatic hydroxyl groups is 1. The predicted molar refractivity (Wildman–Crippen MR) is 81.2 cm³/mol. The summed E-state index contributed by atoms with van der Waals surface area (Å²) < 4.78 is 0. The lowest BCUT2D eigenvalue weighted by atomic mass is 10.2. The van der Waals surface area contributed by atoms with Crippen LogP contribution in [-0.2, 0) is 4.79 Å². The molecule has 0 radical (unpaired) electrons. The van der Waals surface area contributed by atoms with E-state index in [1.165, 1.54) is 11.3 Å². The van der Waals surface area contributed by atoms with Crippen molar-refractivity contribution in [3.63, 3.8) is 0 Å². The number of carbonyl (C=O) groups excluding carboxylic acids is 2. The summed E-state index contributed by atoms with van der Waals surface area (Å²) in [5.74, 6) is 5.09. The van der Waals surface area contributed by atoms with Gasteiger partial charge < -0.3 is 15.3 Å². The Labute approximate surface area is 128 Å². The number of nitrogens with zero attached hydrogens (tertiary/aromatic N) is 1. The van der Waals surface area contributed by atoms with Crippen LogP contribution in [-0.4, -0.2) is 48.1 Å². The summed E-state index contributed by atoms with van der Waals surface area (Å²) in [7, 11) is 0. The van der Waals surface area contributed by atoms with Gasteiger partial charge in [0.2, 0.25) is 5.91 Å².